The fourth-order valence-electron chi connectivity index (χ4n) is 2.60. The van der Waals surface area contributed by atoms with Crippen LogP contribution in [0.5, 0.6) is 0 Å². The fraction of sp³-hybridized carbons (Fsp3) is 1.00. The van der Waals surface area contributed by atoms with Crippen molar-refractivity contribution in [2.24, 2.45) is 0 Å². The van der Waals surface area contributed by atoms with Crippen LogP contribution >= 0.6 is 15.9 Å². The second-order valence-electron chi connectivity index (χ2n) is 5.51. The van der Waals surface area contributed by atoms with E-state index in [0.717, 1.165) is 0 Å². The van der Waals surface area contributed by atoms with Crippen LogP contribution in [0, 0.1) is 0 Å². The minimum atomic E-state index is -2.16. The van der Waals surface area contributed by atoms with Gasteiger partial charge in [-0.25, -0.2) is 0 Å². The van der Waals surface area contributed by atoms with Gasteiger partial charge in [0.1, 0.15) is 31.0 Å². The molecule has 2 aliphatic heterocycles. The number of aliphatic hydroxyl groups excluding tert-OH is 7. The molecule has 23 heavy (non-hydrogen) atoms. The lowest BCUT2D eigenvalue weighted by Gasteiger charge is -2.43. The molecule has 0 spiro atoms. The van der Waals surface area contributed by atoms with Crippen LogP contribution in [0.1, 0.15) is 0 Å². The lowest BCUT2D eigenvalue weighted by Crippen LogP contribution is -2.61. The number of aliphatic hydroxyl groups is 7. The van der Waals surface area contributed by atoms with E-state index in [0.29, 0.717) is 0 Å². The van der Waals surface area contributed by atoms with Crippen molar-refractivity contribution in [3.8, 4) is 0 Å². The summed E-state index contributed by atoms with van der Waals surface area (Å²) in [5.74, 6) is -2.16. The van der Waals surface area contributed by atoms with Crippen molar-refractivity contribution in [2.75, 3.05) is 19.8 Å². The van der Waals surface area contributed by atoms with E-state index in [9.17, 15) is 30.6 Å². The Hall–Kier alpha value is 0.0800. The first-order valence-corrected chi connectivity index (χ1v) is 7.93. The van der Waals surface area contributed by atoms with Crippen LogP contribution in [-0.2, 0) is 14.2 Å². The van der Waals surface area contributed by atoms with Crippen LogP contribution in [0.4, 0.5) is 0 Å². The van der Waals surface area contributed by atoms with Crippen molar-refractivity contribution < 1.29 is 50.0 Å². The van der Waals surface area contributed by atoms with Crippen molar-refractivity contribution in [1.82, 2.24) is 0 Å². The first-order chi connectivity index (χ1) is 10.8. The zero-order valence-electron chi connectivity index (χ0n) is 12.0. The van der Waals surface area contributed by atoms with Crippen LogP contribution in [0.15, 0.2) is 0 Å². The van der Waals surface area contributed by atoms with Crippen LogP contribution < -0.4 is 0 Å². The molecule has 10 nitrogen and oxygen atoms in total. The van der Waals surface area contributed by atoms with E-state index in [1.807, 2.05) is 0 Å². The average Bonchev–Trinajstić information content (AvgIpc) is 2.80. The smallest absolute Gasteiger partial charge is 0.224 e. The van der Waals surface area contributed by atoms with Gasteiger partial charge in [0.15, 0.2) is 6.29 Å². The summed E-state index contributed by atoms with van der Waals surface area (Å²) < 4.78 is 15.8. The lowest BCUT2D eigenvalue weighted by molar-refractivity contribution is -0.372. The molecule has 0 aromatic heterocycles. The van der Waals surface area contributed by atoms with E-state index in [4.69, 9.17) is 19.3 Å². The van der Waals surface area contributed by atoms with Gasteiger partial charge in [-0.3, -0.25) is 0 Å². The molecule has 0 saturated carbocycles. The minimum absolute atomic E-state index is 0.489. The molecule has 0 bridgehead atoms. The third-order valence-electron chi connectivity index (χ3n) is 4.02. The summed E-state index contributed by atoms with van der Waals surface area (Å²) >= 11 is 3.08. The van der Waals surface area contributed by atoms with Gasteiger partial charge in [0, 0.05) is 0 Å². The maximum absolute atomic E-state index is 10.0. The summed E-state index contributed by atoms with van der Waals surface area (Å²) in [5.41, 5.74) is 0. The summed E-state index contributed by atoms with van der Waals surface area (Å²) in [6, 6.07) is 0. The van der Waals surface area contributed by atoms with Gasteiger partial charge in [0.2, 0.25) is 5.79 Å². The standard InChI is InChI=1S/C12H21BrO10/c13-6-4(1-14)21-11(9(19)8(6)18)23-12(3-16)10(20)7(17)5(2-15)22-12/h4-11,14-20H,1-3H2/t4-,5-,6-,7-,8+,9-,10+,11-,12+/m1/s1. The molecule has 9 atom stereocenters. The number of alkyl halides is 1. The molecule has 0 unspecified atom stereocenters. The Morgan fingerprint density at radius 1 is 0.913 bits per heavy atom. The largest absolute Gasteiger partial charge is 0.394 e. The monoisotopic (exact) mass is 404 g/mol. The van der Waals surface area contributed by atoms with Crippen molar-refractivity contribution in [3.63, 3.8) is 0 Å². The molecule has 136 valence electrons. The number of ether oxygens (including phenoxy) is 3. The van der Waals surface area contributed by atoms with Gasteiger partial charge in [-0.05, 0) is 0 Å². The number of hydrogen-bond donors (Lipinski definition) is 7. The van der Waals surface area contributed by atoms with Crippen LogP contribution in [0.2, 0.25) is 0 Å². The maximum atomic E-state index is 10.0. The van der Waals surface area contributed by atoms with Gasteiger partial charge in [-0.15, -0.1) is 0 Å². The highest BCUT2D eigenvalue weighted by atomic mass is 79.9. The molecule has 0 aromatic carbocycles. The second kappa shape index (κ2) is 7.54. The van der Waals surface area contributed by atoms with E-state index in [2.05, 4.69) is 15.9 Å². The van der Waals surface area contributed by atoms with Gasteiger partial charge in [-0.1, -0.05) is 15.9 Å². The third-order valence-corrected chi connectivity index (χ3v) is 5.15. The Kier molecular flexibility index (Phi) is 6.36. The van der Waals surface area contributed by atoms with E-state index in [-0.39, 0.29) is 0 Å². The van der Waals surface area contributed by atoms with Crippen LogP contribution in [0.3, 0.4) is 0 Å². The summed E-state index contributed by atoms with van der Waals surface area (Å²) in [6.07, 6.45) is -9.89. The fourth-order valence-corrected chi connectivity index (χ4v) is 3.21. The highest BCUT2D eigenvalue weighted by Gasteiger charge is 2.58. The maximum Gasteiger partial charge on any atom is 0.224 e. The Morgan fingerprint density at radius 3 is 2.00 bits per heavy atom. The number of rotatable bonds is 5. The van der Waals surface area contributed by atoms with Crippen molar-refractivity contribution in [2.45, 2.75) is 53.5 Å². The van der Waals surface area contributed by atoms with Crippen LogP contribution in [0.25, 0.3) is 0 Å². The Morgan fingerprint density at radius 2 is 1.52 bits per heavy atom. The minimum Gasteiger partial charge on any atom is -0.394 e. The van der Waals surface area contributed by atoms with E-state index in [1.54, 1.807) is 0 Å². The van der Waals surface area contributed by atoms with E-state index < -0.39 is 73.3 Å². The molecule has 2 aliphatic rings. The summed E-state index contributed by atoms with van der Waals surface area (Å²) in [4.78, 5) is -0.766. The summed E-state index contributed by atoms with van der Waals surface area (Å²) in [7, 11) is 0. The van der Waals surface area contributed by atoms with E-state index >= 15 is 0 Å². The number of hydrogen-bond acceptors (Lipinski definition) is 10. The molecule has 11 heteroatoms. The molecule has 2 heterocycles. The second-order valence-corrected chi connectivity index (χ2v) is 6.57. The molecule has 0 radical (unpaired) electrons. The Balaban J connectivity index is 2.18. The lowest BCUT2D eigenvalue weighted by atomic mass is 10.0. The normalized spacial score (nSPS) is 51.1. The van der Waals surface area contributed by atoms with Gasteiger partial charge in [-0.2, -0.15) is 0 Å². The zero-order chi connectivity index (χ0) is 17.4. The zero-order valence-corrected chi connectivity index (χ0v) is 13.6. The summed E-state index contributed by atoms with van der Waals surface area (Å²) in [6.45, 7) is -2.04. The van der Waals surface area contributed by atoms with Gasteiger partial charge in [0.25, 0.3) is 0 Å². The SMILES string of the molecule is OC[C@H]1O[C@@](CO)(O[C@H]2O[C@H](CO)[C@@H](Br)[C@H](O)[C@H]2O)[C@@H](O)[C@@H]1O. The Labute approximate surface area is 140 Å². The highest BCUT2D eigenvalue weighted by molar-refractivity contribution is 9.09. The highest BCUT2D eigenvalue weighted by Crippen LogP contribution is 2.36. The molecule has 2 saturated heterocycles. The Bertz CT molecular complexity index is 398. The molecular formula is C12H21BrO10. The van der Waals surface area contributed by atoms with E-state index in [1.165, 1.54) is 0 Å². The van der Waals surface area contributed by atoms with Crippen LogP contribution in [-0.4, -0.2) is 109 Å². The molecule has 0 aliphatic carbocycles. The van der Waals surface area contributed by atoms with Crippen molar-refractivity contribution >= 4 is 15.9 Å². The van der Waals surface area contributed by atoms with Gasteiger partial charge >= 0.3 is 0 Å². The molecule has 2 rings (SSSR count). The number of halogens is 1. The molecule has 7 N–H and O–H groups in total. The predicted octanol–water partition coefficient (Wildman–Crippen LogP) is -3.99. The third kappa shape index (κ3) is 3.41. The molecular weight excluding hydrogens is 384 g/mol. The van der Waals surface area contributed by atoms with Gasteiger partial charge < -0.3 is 50.0 Å². The predicted molar refractivity (Wildman–Crippen MR) is 75.3 cm³/mol. The first kappa shape index (κ1) is 19.4. The summed E-state index contributed by atoms with van der Waals surface area (Å²) in [5, 5.41) is 67.6. The molecule has 0 aromatic rings. The van der Waals surface area contributed by atoms with Crippen molar-refractivity contribution in [1.29, 1.82) is 0 Å². The quantitative estimate of drug-likeness (QED) is 0.224. The topological polar surface area (TPSA) is 169 Å². The van der Waals surface area contributed by atoms with Crippen molar-refractivity contribution in [3.05, 3.63) is 0 Å². The van der Waals surface area contributed by atoms with Gasteiger partial charge in [0.05, 0.1) is 30.2 Å². The first-order valence-electron chi connectivity index (χ1n) is 7.01. The average molecular weight is 405 g/mol. The molecule has 0 amide bonds. The molecule has 2 fully saturated rings.